The highest BCUT2D eigenvalue weighted by molar-refractivity contribution is 14.1. The van der Waals surface area contributed by atoms with E-state index in [-0.39, 0.29) is 6.54 Å². The molecule has 0 aromatic heterocycles. The van der Waals surface area contributed by atoms with Gasteiger partial charge in [-0.15, -0.1) is 9.24 Å². The first-order valence-corrected chi connectivity index (χ1v) is 11.0. The number of hydrogen-bond donors (Lipinski definition) is 2. The third-order valence-corrected chi connectivity index (χ3v) is 6.54. The molecular weight excluding hydrogens is 524 g/mol. The maximum absolute atomic E-state index is 12.2. The molecule has 27 heavy (non-hydrogen) atoms. The Kier molecular flexibility index (Phi) is 6.05. The van der Waals surface area contributed by atoms with Crippen molar-refractivity contribution in [3.63, 3.8) is 0 Å². The van der Waals surface area contributed by atoms with Crippen LogP contribution in [-0.2, 0) is 21.5 Å². The van der Waals surface area contributed by atoms with Crippen molar-refractivity contribution >= 4 is 76.6 Å². The molecule has 0 aliphatic carbocycles. The van der Waals surface area contributed by atoms with Crippen LogP contribution < -0.4 is 22.7 Å². The summed E-state index contributed by atoms with van der Waals surface area (Å²) in [5.74, 6) is -0.242. The van der Waals surface area contributed by atoms with Crippen LogP contribution in [0.4, 0.5) is 11.4 Å². The van der Waals surface area contributed by atoms with E-state index in [2.05, 4.69) is 14.6 Å². The Labute approximate surface area is 178 Å². The van der Waals surface area contributed by atoms with Crippen molar-refractivity contribution in [3.05, 3.63) is 46.5 Å². The highest BCUT2D eigenvalue weighted by Crippen LogP contribution is 2.34. The highest BCUT2D eigenvalue weighted by Gasteiger charge is 2.36. The summed E-state index contributed by atoms with van der Waals surface area (Å²) in [5, 5.41) is 4.47. The van der Waals surface area contributed by atoms with E-state index in [1.807, 2.05) is 35.9 Å². The van der Waals surface area contributed by atoms with E-state index >= 15 is 0 Å². The number of carbonyl (C=O) groups is 1. The van der Waals surface area contributed by atoms with Crippen molar-refractivity contribution in [3.8, 4) is 5.75 Å². The second kappa shape index (κ2) is 7.98. The van der Waals surface area contributed by atoms with Gasteiger partial charge >= 0.3 is 10.2 Å². The fourth-order valence-electron chi connectivity index (χ4n) is 2.73. The normalized spacial score (nSPS) is 15.6. The van der Waals surface area contributed by atoms with E-state index in [4.69, 9.17) is 14.7 Å². The predicted octanol–water partition coefficient (Wildman–Crippen LogP) is 2.67. The molecule has 1 unspecified atom stereocenters. The molecule has 144 valence electrons. The number of carbonyl (C=O) groups excluding carboxylic acids is 1. The monoisotopic (exact) mass is 539 g/mol. The second-order valence-electron chi connectivity index (χ2n) is 5.98. The number of nitrogens with one attached hydrogen (secondary N) is 2. The molecule has 0 spiro atoms. The number of halogens is 2. The van der Waals surface area contributed by atoms with Gasteiger partial charge in [-0.05, 0) is 47.6 Å². The molecule has 2 aromatic rings. The molecule has 0 saturated carbocycles. The quantitative estimate of drug-likeness (QED) is 0.451. The van der Waals surface area contributed by atoms with Gasteiger partial charge in [0.25, 0.3) is 5.91 Å². The van der Waals surface area contributed by atoms with Gasteiger partial charge in [0.15, 0.2) is 28.8 Å². The van der Waals surface area contributed by atoms with Crippen molar-refractivity contribution < 1.29 is 16.3 Å². The largest absolute Gasteiger partial charge is 0.425 e. The van der Waals surface area contributed by atoms with Gasteiger partial charge in [0.05, 0.1) is 10.7 Å². The lowest BCUT2D eigenvalue weighted by Gasteiger charge is -2.21. The van der Waals surface area contributed by atoms with Crippen LogP contribution in [0.5, 0.6) is 5.75 Å². The van der Waals surface area contributed by atoms with Gasteiger partial charge in [-0.25, -0.2) is 9.03 Å². The average molecular weight is 540 g/mol. The molecular formula is C16H16ClIN3O4PS. The van der Waals surface area contributed by atoms with Gasteiger partial charge in [0.1, 0.15) is 12.2 Å². The lowest BCUT2D eigenvalue weighted by molar-refractivity contribution is -0.117. The molecule has 0 bridgehead atoms. The SMILES string of the molecule is Cc1ccc(Cl)c(NCc2cc(P)c(N3CC(=O)NS3(=O)=O)c(OI)c2)c1. The van der Waals surface area contributed by atoms with Crippen molar-refractivity contribution in [1.29, 1.82) is 0 Å². The molecule has 1 aliphatic rings. The van der Waals surface area contributed by atoms with E-state index in [0.29, 0.717) is 28.3 Å². The zero-order chi connectivity index (χ0) is 19.8. The van der Waals surface area contributed by atoms with Gasteiger partial charge in [0, 0.05) is 6.54 Å². The fraction of sp³-hybridized carbons (Fsp3) is 0.188. The minimum absolute atomic E-state index is 0.284. The lowest BCUT2D eigenvalue weighted by atomic mass is 10.1. The van der Waals surface area contributed by atoms with Crippen LogP contribution in [0, 0.1) is 6.92 Å². The summed E-state index contributed by atoms with van der Waals surface area (Å²) in [6, 6.07) is 9.24. The molecule has 0 radical (unpaired) electrons. The van der Waals surface area contributed by atoms with Crippen LogP contribution in [0.25, 0.3) is 0 Å². The number of rotatable bonds is 5. The lowest BCUT2D eigenvalue weighted by Crippen LogP contribution is -2.32. The first-order valence-electron chi connectivity index (χ1n) is 7.75. The smallest absolute Gasteiger partial charge is 0.326 e. The molecule has 2 N–H and O–H groups in total. The molecule has 11 heteroatoms. The standard InChI is InChI=1S/C16H16ClIN3O4PS/c1-9-2-3-11(17)12(4-9)19-7-10-5-13(25-18)16(14(26)6-10)21-8-15(22)20-27(21,23)24/h2-6,19H,7-8,26H2,1H3,(H,20,22). The molecule has 1 heterocycles. The average Bonchev–Trinajstić information content (AvgIpc) is 2.87. The molecule has 1 atom stereocenters. The van der Waals surface area contributed by atoms with Crippen LogP contribution >= 0.6 is 43.8 Å². The van der Waals surface area contributed by atoms with Gasteiger partial charge in [-0.1, -0.05) is 17.7 Å². The second-order valence-corrected chi connectivity index (χ2v) is 9.05. The zero-order valence-corrected chi connectivity index (χ0v) is 19.0. The maximum Gasteiger partial charge on any atom is 0.326 e. The Morgan fingerprint density at radius 1 is 1.37 bits per heavy atom. The van der Waals surface area contributed by atoms with Crippen LogP contribution in [0.3, 0.4) is 0 Å². The van der Waals surface area contributed by atoms with Gasteiger partial charge in [-0.3, -0.25) is 4.79 Å². The molecule has 1 fully saturated rings. The molecule has 1 aliphatic heterocycles. The van der Waals surface area contributed by atoms with Crippen molar-refractivity contribution in [1.82, 2.24) is 4.72 Å². The van der Waals surface area contributed by atoms with Crippen molar-refractivity contribution in [2.24, 2.45) is 0 Å². The fourth-order valence-corrected chi connectivity index (χ4v) is 5.05. The summed E-state index contributed by atoms with van der Waals surface area (Å²) >= 11 is 7.89. The molecule has 2 aromatic carbocycles. The van der Waals surface area contributed by atoms with Gasteiger partial charge in [0.2, 0.25) is 0 Å². The van der Waals surface area contributed by atoms with Crippen LogP contribution in [0.15, 0.2) is 30.3 Å². The Hall–Kier alpha value is -1.29. The summed E-state index contributed by atoms with van der Waals surface area (Å²) in [7, 11) is -1.43. The maximum atomic E-state index is 12.2. The molecule has 7 nitrogen and oxygen atoms in total. The first-order chi connectivity index (χ1) is 12.7. The summed E-state index contributed by atoms with van der Waals surface area (Å²) < 4.78 is 32.6. The topological polar surface area (TPSA) is 87.7 Å². The highest BCUT2D eigenvalue weighted by atomic mass is 127. The van der Waals surface area contributed by atoms with Crippen LogP contribution in [-0.4, -0.2) is 20.9 Å². The Bertz CT molecular complexity index is 1020. The molecule has 3 rings (SSSR count). The predicted molar refractivity (Wildman–Crippen MR) is 118 cm³/mol. The summed E-state index contributed by atoms with van der Waals surface area (Å²) in [4.78, 5) is 11.5. The third kappa shape index (κ3) is 4.42. The van der Waals surface area contributed by atoms with Crippen LogP contribution in [0.2, 0.25) is 5.02 Å². The van der Waals surface area contributed by atoms with E-state index in [9.17, 15) is 13.2 Å². The Morgan fingerprint density at radius 2 is 2.11 bits per heavy atom. The summed E-state index contributed by atoms with van der Waals surface area (Å²) in [5.41, 5.74) is 3.06. The zero-order valence-electron chi connectivity index (χ0n) is 14.1. The molecule has 1 saturated heterocycles. The number of benzene rings is 2. The Morgan fingerprint density at radius 3 is 2.74 bits per heavy atom. The van der Waals surface area contributed by atoms with Crippen LogP contribution in [0.1, 0.15) is 11.1 Å². The van der Waals surface area contributed by atoms with Gasteiger partial charge < -0.3 is 8.38 Å². The van der Waals surface area contributed by atoms with E-state index < -0.39 is 16.1 Å². The van der Waals surface area contributed by atoms with Crippen molar-refractivity contribution in [2.75, 3.05) is 16.2 Å². The van der Waals surface area contributed by atoms with Gasteiger partial charge in [-0.2, -0.15) is 8.42 Å². The third-order valence-electron chi connectivity index (χ3n) is 3.92. The molecule has 1 amide bonds. The number of aryl methyl sites for hydroxylation is 1. The van der Waals surface area contributed by atoms with Crippen molar-refractivity contribution in [2.45, 2.75) is 13.5 Å². The minimum atomic E-state index is -3.92. The summed E-state index contributed by atoms with van der Waals surface area (Å²) in [6.45, 7) is 2.15. The number of anilines is 2. The first kappa shape index (κ1) is 20.4. The van der Waals surface area contributed by atoms with E-state index in [1.165, 1.54) is 0 Å². The van der Waals surface area contributed by atoms with E-state index in [0.717, 1.165) is 21.1 Å². The summed E-state index contributed by atoms with van der Waals surface area (Å²) in [6.07, 6.45) is 0. The van der Waals surface area contributed by atoms with E-state index in [1.54, 1.807) is 29.1 Å². The number of hydrogen-bond acceptors (Lipinski definition) is 5. The minimum Gasteiger partial charge on any atom is -0.425 e. The Balaban J connectivity index is 1.90. The number of amides is 1. The number of nitrogens with zero attached hydrogens (tertiary/aromatic N) is 1.